The summed E-state index contributed by atoms with van der Waals surface area (Å²) in [5.41, 5.74) is 1.59. The first-order valence-corrected chi connectivity index (χ1v) is 7.78. The first kappa shape index (κ1) is 17.2. The van der Waals surface area contributed by atoms with Crippen molar-refractivity contribution < 1.29 is 4.39 Å². The smallest absolute Gasteiger partial charge is 0.123 e. The van der Waals surface area contributed by atoms with Crippen LogP contribution in [0, 0.1) is 17.2 Å². The van der Waals surface area contributed by atoms with E-state index in [2.05, 4.69) is 39.9 Å². The molecule has 1 rings (SSSR count). The first-order chi connectivity index (χ1) is 9.30. The first-order valence-electron chi connectivity index (χ1n) is 7.78. The average molecular weight is 279 g/mol. The van der Waals surface area contributed by atoms with Gasteiger partial charge in [-0.2, -0.15) is 0 Å². The van der Waals surface area contributed by atoms with E-state index in [1.54, 1.807) is 12.1 Å². The van der Waals surface area contributed by atoms with Gasteiger partial charge in [-0.3, -0.25) is 0 Å². The van der Waals surface area contributed by atoms with Crippen molar-refractivity contribution in [2.45, 2.75) is 59.9 Å². The summed E-state index contributed by atoms with van der Waals surface area (Å²) in [5.74, 6) is 0.536. The van der Waals surface area contributed by atoms with Crippen LogP contribution in [0.3, 0.4) is 0 Å². The summed E-state index contributed by atoms with van der Waals surface area (Å²) in [6.45, 7) is 12.4. The molecule has 0 fully saturated rings. The van der Waals surface area contributed by atoms with Crippen LogP contribution >= 0.6 is 0 Å². The Morgan fingerprint density at radius 3 is 2.25 bits per heavy atom. The number of halogens is 1. The molecular formula is C18H30FN. The number of hydrogen-bond acceptors (Lipinski definition) is 1. The minimum absolute atomic E-state index is 0.158. The Hall–Kier alpha value is -0.890. The molecule has 1 aromatic carbocycles. The van der Waals surface area contributed by atoms with E-state index < -0.39 is 0 Å². The van der Waals surface area contributed by atoms with Crippen molar-refractivity contribution >= 4 is 0 Å². The average Bonchev–Trinajstić information content (AvgIpc) is 2.30. The molecule has 0 aliphatic heterocycles. The lowest BCUT2D eigenvalue weighted by molar-refractivity contribution is 0.275. The van der Waals surface area contributed by atoms with E-state index in [0.717, 1.165) is 13.0 Å². The molecule has 0 saturated carbocycles. The zero-order valence-electron chi connectivity index (χ0n) is 13.7. The summed E-state index contributed by atoms with van der Waals surface area (Å²) >= 11 is 0. The molecule has 114 valence electrons. The van der Waals surface area contributed by atoms with Crippen molar-refractivity contribution in [1.82, 2.24) is 5.32 Å². The van der Waals surface area contributed by atoms with Gasteiger partial charge in [-0.25, -0.2) is 4.39 Å². The lowest BCUT2D eigenvalue weighted by atomic mass is 9.82. The summed E-state index contributed by atoms with van der Waals surface area (Å²) in [6.07, 6.45) is 3.38. The standard InChI is InChI=1S/C18H30FN/c1-6-20-17(11-14(2)13-18(3,4)5)12-15-7-9-16(19)10-8-15/h7-10,14,17,20H,6,11-13H2,1-5H3. The van der Waals surface area contributed by atoms with E-state index >= 15 is 0 Å². The van der Waals surface area contributed by atoms with Crippen LogP contribution in [0.25, 0.3) is 0 Å². The van der Waals surface area contributed by atoms with E-state index in [1.165, 1.54) is 18.4 Å². The zero-order valence-corrected chi connectivity index (χ0v) is 13.7. The van der Waals surface area contributed by atoms with E-state index in [1.807, 2.05) is 12.1 Å². The van der Waals surface area contributed by atoms with Gasteiger partial charge < -0.3 is 5.32 Å². The van der Waals surface area contributed by atoms with Crippen LogP contribution < -0.4 is 5.32 Å². The lowest BCUT2D eigenvalue weighted by Crippen LogP contribution is -2.33. The van der Waals surface area contributed by atoms with Gasteiger partial charge >= 0.3 is 0 Å². The van der Waals surface area contributed by atoms with Crippen molar-refractivity contribution in [2.75, 3.05) is 6.54 Å². The van der Waals surface area contributed by atoms with Crippen molar-refractivity contribution in [3.63, 3.8) is 0 Å². The molecule has 0 aromatic heterocycles. The molecule has 0 aliphatic carbocycles. The fourth-order valence-corrected chi connectivity index (χ4v) is 3.05. The second kappa shape index (κ2) is 7.78. The molecule has 0 aliphatic rings. The molecule has 0 bridgehead atoms. The molecular weight excluding hydrogens is 249 g/mol. The van der Waals surface area contributed by atoms with Gasteiger partial charge in [0.2, 0.25) is 0 Å². The number of hydrogen-bond donors (Lipinski definition) is 1. The molecule has 1 N–H and O–H groups in total. The highest BCUT2D eigenvalue weighted by atomic mass is 19.1. The molecule has 0 amide bonds. The summed E-state index contributed by atoms with van der Waals surface area (Å²) in [6, 6.07) is 7.37. The Kier molecular flexibility index (Phi) is 6.67. The number of benzene rings is 1. The third-order valence-electron chi connectivity index (χ3n) is 3.54. The van der Waals surface area contributed by atoms with Crippen LogP contribution in [-0.2, 0) is 6.42 Å². The van der Waals surface area contributed by atoms with Gasteiger partial charge in [0.25, 0.3) is 0 Å². The van der Waals surface area contributed by atoms with Crippen LogP contribution in [0.2, 0.25) is 0 Å². The Bertz CT molecular complexity index is 377. The van der Waals surface area contributed by atoms with Crippen molar-refractivity contribution in [2.24, 2.45) is 11.3 Å². The molecule has 20 heavy (non-hydrogen) atoms. The SMILES string of the molecule is CCNC(Cc1ccc(F)cc1)CC(C)CC(C)(C)C. The molecule has 2 unspecified atom stereocenters. The van der Waals surface area contributed by atoms with Crippen molar-refractivity contribution in [1.29, 1.82) is 0 Å². The monoisotopic (exact) mass is 279 g/mol. The maximum atomic E-state index is 13.0. The fraction of sp³-hybridized carbons (Fsp3) is 0.667. The van der Waals surface area contributed by atoms with Crippen LogP contribution in [0.1, 0.15) is 53.0 Å². The predicted molar refractivity (Wildman–Crippen MR) is 85.4 cm³/mol. The van der Waals surface area contributed by atoms with Gasteiger partial charge in [0.15, 0.2) is 0 Å². The second-order valence-corrected chi connectivity index (χ2v) is 7.19. The topological polar surface area (TPSA) is 12.0 Å². The Morgan fingerprint density at radius 1 is 1.15 bits per heavy atom. The molecule has 2 heteroatoms. The van der Waals surface area contributed by atoms with Gasteiger partial charge in [0, 0.05) is 6.04 Å². The highest BCUT2D eigenvalue weighted by Gasteiger charge is 2.19. The van der Waals surface area contributed by atoms with E-state index in [-0.39, 0.29) is 5.82 Å². The molecule has 1 nitrogen and oxygen atoms in total. The number of likely N-dealkylation sites (N-methyl/N-ethyl adjacent to an activating group) is 1. The van der Waals surface area contributed by atoms with Crippen LogP contribution in [0.15, 0.2) is 24.3 Å². The highest BCUT2D eigenvalue weighted by molar-refractivity contribution is 5.17. The molecule has 1 aromatic rings. The van der Waals surface area contributed by atoms with Crippen LogP contribution in [-0.4, -0.2) is 12.6 Å². The summed E-state index contributed by atoms with van der Waals surface area (Å²) in [5, 5.41) is 3.57. The number of rotatable bonds is 7. The largest absolute Gasteiger partial charge is 0.314 e. The highest BCUT2D eigenvalue weighted by Crippen LogP contribution is 2.27. The predicted octanol–water partition coefficient (Wildman–Crippen LogP) is 4.81. The molecule has 2 atom stereocenters. The lowest BCUT2D eigenvalue weighted by Gasteiger charge is -2.27. The second-order valence-electron chi connectivity index (χ2n) is 7.19. The van der Waals surface area contributed by atoms with E-state index in [4.69, 9.17) is 0 Å². The maximum Gasteiger partial charge on any atom is 0.123 e. The minimum Gasteiger partial charge on any atom is -0.314 e. The van der Waals surface area contributed by atoms with Crippen molar-refractivity contribution in [3.05, 3.63) is 35.6 Å². The van der Waals surface area contributed by atoms with Gasteiger partial charge in [-0.05, 0) is 54.8 Å². The molecule has 0 spiro atoms. The van der Waals surface area contributed by atoms with E-state index in [0.29, 0.717) is 17.4 Å². The fourth-order valence-electron chi connectivity index (χ4n) is 3.05. The van der Waals surface area contributed by atoms with Crippen LogP contribution in [0.5, 0.6) is 0 Å². The Morgan fingerprint density at radius 2 is 1.75 bits per heavy atom. The summed E-state index contributed by atoms with van der Waals surface area (Å²) in [7, 11) is 0. The molecule has 0 heterocycles. The third-order valence-corrected chi connectivity index (χ3v) is 3.54. The zero-order chi connectivity index (χ0) is 15.2. The van der Waals surface area contributed by atoms with Gasteiger partial charge in [-0.1, -0.05) is 46.8 Å². The maximum absolute atomic E-state index is 13.0. The van der Waals surface area contributed by atoms with E-state index in [9.17, 15) is 4.39 Å². The van der Waals surface area contributed by atoms with Gasteiger partial charge in [0.1, 0.15) is 5.82 Å². The Balaban J connectivity index is 2.57. The van der Waals surface area contributed by atoms with Crippen molar-refractivity contribution in [3.8, 4) is 0 Å². The minimum atomic E-state index is -0.158. The van der Waals surface area contributed by atoms with Crippen LogP contribution in [0.4, 0.5) is 4.39 Å². The normalized spacial score (nSPS) is 15.1. The third kappa shape index (κ3) is 7.04. The van der Waals surface area contributed by atoms with Gasteiger partial charge in [-0.15, -0.1) is 0 Å². The molecule has 0 radical (unpaired) electrons. The molecule has 0 saturated heterocycles. The van der Waals surface area contributed by atoms with Gasteiger partial charge in [0.05, 0.1) is 0 Å². The summed E-state index contributed by atoms with van der Waals surface area (Å²) < 4.78 is 13.0. The Labute approximate surface area is 124 Å². The quantitative estimate of drug-likeness (QED) is 0.755. The number of nitrogens with one attached hydrogen (secondary N) is 1. The summed E-state index contributed by atoms with van der Waals surface area (Å²) in [4.78, 5) is 0.